The number of benzene rings is 1. The minimum Gasteiger partial charge on any atom is -0.496 e. The Morgan fingerprint density at radius 3 is 2.86 bits per heavy atom. The summed E-state index contributed by atoms with van der Waals surface area (Å²) in [5.41, 5.74) is 1.75. The SMILES string of the molecule is COc1ccccc1C(C)NC(=O)/C=C/c1csc(C)n1. The third kappa shape index (κ3) is 4.16. The number of para-hydroxylation sites is 1. The highest BCUT2D eigenvalue weighted by Gasteiger charge is 2.12. The summed E-state index contributed by atoms with van der Waals surface area (Å²) in [4.78, 5) is 16.2. The van der Waals surface area contributed by atoms with Gasteiger partial charge in [0.1, 0.15) is 5.75 Å². The van der Waals surface area contributed by atoms with Crippen LogP contribution in [0, 0.1) is 6.92 Å². The zero-order chi connectivity index (χ0) is 15.2. The highest BCUT2D eigenvalue weighted by molar-refractivity contribution is 7.09. The van der Waals surface area contributed by atoms with Gasteiger partial charge in [-0.15, -0.1) is 11.3 Å². The van der Waals surface area contributed by atoms with Crippen molar-refractivity contribution in [3.05, 3.63) is 52.0 Å². The van der Waals surface area contributed by atoms with E-state index in [1.807, 2.05) is 43.5 Å². The molecule has 21 heavy (non-hydrogen) atoms. The van der Waals surface area contributed by atoms with Crippen LogP contribution < -0.4 is 10.1 Å². The molecule has 1 aromatic carbocycles. The molecule has 0 aliphatic heterocycles. The van der Waals surface area contributed by atoms with Gasteiger partial charge in [-0.25, -0.2) is 4.98 Å². The van der Waals surface area contributed by atoms with Gasteiger partial charge in [-0.1, -0.05) is 18.2 Å². The maximum Gasteiger partial charge on any atom is 0.244 e. The topological polar surface area (TPSA) is 51.2 Å². The number of amides is 1. The molecule has 0 saturated heterocycles. The molecule has 2 rings (SSSR count). The van der Waals surface area contributed by atoms with E-state index in [-0.39, 0.29) is 11.9 Å². The normalized spacial score (nSPS) is 12.3. The van der Waals surface area contributed by atoms with Crippen LogP contribution >= 0.6 is 11.3 Å². The Morgan fingerprint density at radius 1 is 1.43 bits per heavy atom. The van der Waals surface area contributed by atoms with Gasteiger partial charge < -0.3 is 10.1 Å². The average molecular weight is 302 g/mol. The number of nitrogens with zero attached hydrogens (tertiary/aromatic N) is 1. The minimum atomic E-state index is -0.154. The molecule has 5 heteroatoms. The fraction of sp³-hybridized carbons (Fsp3) is 0.250. The van der Waals surface area contributed by atoms with E-state index >= 15 is 0 Å². The van der Waals surface area contributed by atoms with Crippen LogP contribution in [0.25, 0.3) is 6.08 Å². The smallest absolute Gasteiger partial charge is 0.244 e. The quantitative estimate of drug-likeness (QED) is 0.862. The summed E-state index contributed by atoms with van der Waals surface area (Å²) in [5, 5.41) is 5.82. The summed E-state index contributed by atoms with van der Waals surface area (Å²) in [6.45, 7) is 3.86. The highest BCUT2D eigenvalue weighted by Crippen LogP contribution is 2.24. The van der Waals surface area contributed by atoms with Crippen molar-refractivity contribution in [2.45, 2.75) is 19.9 Å². The molecule has 110 valence electrons. The number of ether oxygens (including phenoxy) is 1. The van der Waals surface area contributed by atoms with Crippen molar-refractivity contribution >= 4 is 23.3 Å². The van der Waals surface area contributed by atoms with Gasteiger partial charge in [0, 0.05) is 17.0 Å². The number of carbonyl (C=O) groups is 1. The van der Waals surface area contributed by atoms with Gasteiger partial charge in [0.15, 0.2) is 0 Å². The number of rotatable bonds is 5. The molecule has 0 bridgehead atoms. The molecule has 0 aliphatic rings. The number of nitrogens with one attached hydrogen (secondary N) is 1. The van der Waals surface area contributed by atoms with E-state index in [1.54, 1.807) is 24.5 Å². The lowest BCUT2D eigenvalue weighted by atomic mass is 10.1. The first-order valence-corrected chi connectivity index (χ1v) is 7.51. The molecular weight excluding hydrogens is 284 g/mol. The van der Waals surface area contributed by atoms with Crippen molar-refractivity contribution in [3.63, 3.8) is 0 Å². The van der Waals surface area contributed by atoms with E-state index in [0.29, 0.717) is 0 Å². The maximum absolute atomic E-state index is 11.9. The summed E-state index contributed by atoms with van der Waals surface area (Å²) in [6, 6.07) is 7.52. The monoisotopic (exact) mass is 302 g/mol. The predicted molar refractivity (Wildman–Crippen MR) is 85.4 cm³/mol. The van der Waals surface area contributed by atoms with Gasteiger partial charge in [0.05, 0.1) is 23.9 Å². The maximum atomic E-state index is 11.9. The molecule has 2 aromatic rings. The number of aryl methyl sites for hydroxylation is 1. The van der Waals surface area contributed by atoms with E-state index in [4.69, 9.17) is 4.74 Å². The molecule has 0 spiro atoms. The number of hydrogen-bond donors (Lipinski definition) is 1. The number of aromatic nitrogens is 1. The molecule has 1 N–H and O–H groups in total. The second-order valence-corrected chi connectivity index (χ2v) is 5.66. The highest BCUT2D eigenvalue weighted by atomic mass is 32.1. The third-order valence-electron chi connectivity index (χ3n) is 3.01. The van der Waals surface area contributed by atoms with Crippen molar-refractivity contribution in [1.29, 1.82) is 0 Å². The Hall–Kier alpha value is -2.14. The van der Waals surface area contributed by atoms with Gasteiger partial charge in [0.25, 0.3) is 0 Å². The zero-order valence-electron chi connectivity index (χ0n) is 12.3. The molecule has 0 radical (unpaired) electrons. The van der Waals surface area contributed by atoms with Crippen LogP contribution in [0.15, 0.2) is 35.7 Å². The van der Waals surface area contributed by atoms with Gasteiger partial charge >= 0.3 is 0 Å². The Kier molecular flexibility index (Phi) is 5.11. The summed E-state index contributed by atoms with van der Waals surface area (Å²) in [5.74, 6) is 0.614. The second-order valence-electron chi connectivity index (χ2n) is 4.60. The fourth-order valence-electron chi connectivity index (χ4n) is 1.98. The largest absolute Gasteiger partial charge is 0.496 e. The van der Waals surface area contributed by atoms with E-state index in [9.17, 15) is 4.79 Å². The standard InChI is InChI=1S/C16H18N2O2S/c1-11(14-6-4-5-7-15(14)20-3)17-16(19)9-8-13-10-21-12(2)18-13/h4-11H,1-3H3,(H,17,19)/b9-8+. The Balaban J connectivity index is 2.00. The fourth-order valence-corrected chi connectivity index (χ4v) is 2.56. The minimum absolute atomic E-state index is 0.129. The van der Waals surface area contributed by atoms with E-state index < -0.39 is 0 Å². The van der Waals surface area contributed by atoms with Gasteiger partial charge in [-0.05, 0) is 26.0 Å². The molecule has 4 nitrogen and oxygen atoms in total. The summed E-state index contributed by atoms with van der Waals surface area (Å²) in [7, 11) is 1.62. The second kappa shape index (κ2) is 7.04. The van der Waals surface area contributed by atoms with Gasteiger partial charge in [-0.3, -0.25) is 4.79 Å². The number of thiazole rings is 1. The first-order valence-electron chi connectivity index (χ1n) is 6.63. The third-order valence-corrected chi connectivity index (χ3v) is 3.80. The van der Waals surface area contributed by atoms with E-state index in [0.717, 1.165) is 22.0 Å². The Morgan fingerprint density at radius 2 is 2.19 bits per heavy atom. The Bertz CT molecular complexity index is 649. The Labute approximate surface area is 128 Å². The van der Waals surface area contributed by atoms with Crippen molar-refractivity contribution in [2.24, 2.45) is 0 Å². The van der Waals surface area contributed by atoms with Crippen LogP contribution in [-0.4, -0.2) is 18.0 Å². The van der Waals surface area contributed by atoms with E-state index in [2.05, 4.69) is 10.3 Å². The molecule has 1 amide bonds. The molecule has 1 heterocycles. The zero-order valence-corrected chi connectivity index (χ0v) is 13.1. The predicted octanol–water partition coefficient (Wildman–Crippen LogP) is 3.35. The van der Waals surface area contributed by atoms with Crippen LogP contribution in [-0.2, 0) is 4.79 Å². The lowest BCUT2D eigenvalue weighted by Gasteiger charge is -2.16. The van der Waals surface area contributed by atoms with Crippen molar-refractivity contribution in [2.75, 3.05) is 7.11 Å². The van der Waals surface area contributed by atoms with Crippen molar-refractivity contribution < 1.29 is 9.53 Å². The number of methoxy groups -OCH3 is 1. The van der Waals surface area contributed by atoms with Crippen molar-refractivity contribution in [1.82, 2.24) is 10.3 Å². The molecular formula is C16H18N2O2S. The van der Waals surface area contributed by atoms with Gasteiger partial charge in [0.2, 0.25) is 5.91 Å². The van der Waals surface area contributed by atoms with Crippen LogP contribution in [0.2, 0.25) is 0 Å². The average Bonchev–Trinajstić information content (AvgIpc) is 2.90. The molecule has 1 atom stereocenters. The molecule has 0 aliphatic carbocycles. The summed E-state index contributed by atoms with van der Waals surface area (Å²) >= 11 is 1.56. The lowest BCUT2D eigenvalue weighted by molar-refractivity contribution is -0.117. The van der Waals surface area contributed by atoms with Crippen LogP contribution in [0.5, 0.6) is 5.75 Å². The van der Waals surface area contributed by atoms with Crippen LogP contribution in [0.1, 0.15) is 29.2 Å². The first kappa shape index (κ1) is 15.3. The van der Waals surface area contributed by atoms with Gasteiger partial charge in [-0.2, -0.15) is 0 Å². The molecule has 1 aromatic heterocycles. The van der Waals surface area contributed by atoms with Crippen molar-refractivity contribution in [3.8, 4) is 5.75 Å². The molecule has 1 unspecified atom stereocenters. The number of carbonyl (C=O) groups excluding carboxylic acids is 1. The summed E-state index contributed by atoms with van der Waals surface area (Å²) < 4.78 is 5.30. The first-order chi connectivity index (χ1) is 10.1. The number of hydrogen-bond acceptors (Lipinski definition) is 4. The lowest BCUT2D eigenvalue weighted by Crippen LogP contribution is -2.24. The molecule has 0 fully saturated rings. The molecule has 0 saturated carbocycles. The summed E-state index contributed by atoms with van der Waals surface area (Å²) in [6.07, 6.45) is 3.22. The van der Waals surface area contributed by atoms with Crippen LogP contribution in [0.4, 0.5) is 0 Å². The van der Waals surface area contributed by atoms with Crippen LogP contribution in [0.3, 0.4) is 0 Å². The van der Waals surface area contributed by atoms with E-state index in [1.165, 1.54) is 6.08 Å².